The van der Waals surface area contributed by atoms with Crippen LogP contribution in [0, 0.1) is 0 Å². The number of hydrogen-bond donors (Lipinski definition) is 1. The first kappa shape index (κ1) is 11.9. The third-order valence-electron chi connectivity index (χ3n) is 1.55. The van der Waals surface area contributed by atoms with Crippen LogP contribution in [0.25, 0.3) is 0 Å². The maximum atomic E-state index is 10.0. The second-order valence-electron chi connectivity index (χ2n) is 2.95. The molecule has 13 heavy (non-hydrogen) atoms. The van der Waals surface area contributed by atoms with Crippen LogP contribution in [0.4, 0.5) is 0 Å². The highest BCUT2D eigenvalue weighted by molar-refractivity contribution is 5.81. The number of unbranched alkanes of at least 4 members (excludes halogenated alkanes) is 2. The van der Waals surface area contributed by atoms with E-state index in [1.807, 2.05) is 6.92 Å². The van der Waals surface area contributed by atoms with Crippen LogP contribution in [0.2, 0.25) is 0 Å². The lowest BCUT2D eigenvalue weighted by Gasteiger charge is -1.99. The standard InChI is InChI=1S/C9H17NO3/c1-3-4-5-6-8(2)10-13-7-9(11)12/h3-7H2,1-2H3,(H,11,12). The van der Waals surface area contributed by atoms with Crippen LogP contribution in [0.3, 0.4) is 0 Å². The lowest BCUT2D eigenvalue weighted by Crippen LogP contribution is -2.04. The quantitative estimate of drug-likeness (QED) is 0.377. The molecule has 0 aliphatic rings. The minimum absolute atomic E-state index is 0.356. The zero-order valence-electron chi connectivity index (χ0n) is 8.25. The van der Waals surface area contributed by atoms with Crippen molar-refractivity contribution in [1.82, 2.24) is 0 Å². The van der Waals surface area contributed by atoms with Gasteiger partial charge in [-0.1, -0.05) is 24.9 Å². The van der Waals surface area contributed by atoms with E-state index in [0.717, 1.165) is 18.6 Å². The molecule has 0 aliphatic carbocycles. The monoisotopic (exact) mass is 187 g/mol. The summed E-state index contributed by atoms with van der Waals surface area (Å²) in [6, 6.07) is 0. The highest BCUT2D eigenvalue weighted by atomic mass is 16.6. The van der Waals surface area contributed by atoms with Gasteiger partial charge in [0, 0.05) is 0 Å². The first-order valence-corrected chi connectivity index (χ1v) is 4.54. The Morgan fingerprint density at radius 3 is 2.69 bits per heavy atom. The molecule has 0 atom stereocenters. The largest absolute Gasteiger partial charge is 0.479 e. The molecule has 76 valence electrons. The van der Waals surface area contributed by atoms with E-state index in [9.17, 15) is 4.79 Å². The molecule has 0 saturated carbocycles. The van der Waals surface area contributed by atoms with E-state index < -0.39 is 5.97 Å². The second-order valence-corrected chi connectivity index (χ2v) is 2.95. The molecule has 0 spiro atoms. The molecule has 0 radical (unpaired) electrons. The van der Waals surface area contributed by atoms with Gasteiger partial charge in [-0.2, -0.15) is 0 Å². The minimum atomic E-state index is -0.995. The summed E-state index contributed by atoms with van der Waals surface area (Å²) in [5, 5.41) is 11.9. The number of carboxylic acid groups (broad SMARTS) is 1. The molecule has 0 aliphatic heterocycles. The molecular formula is C9H17NO3. The van der Waals surface area contributed by atoms with Gasteiger partial charge in [0.25, 0.3) is 0 Å². The van der Waals surface area contributed by atoms with E-state index in [4.69, 9.17) is 5.11 Å². The molecule has 4 nitrogen and oxygen atoms in total. The average Bonchev–Trinajstić information content (AvgIpc) is 2.04. The van der Waals surface area contributed by atoms with E-state index in [-0.39, 0.29) is 6.61 Å². The fourth-order valence-corrected chi connectivity index (χ4v) is 0.874. The predicted octanol–water partition coefficient (Wildman–Crippen LogP) is 2.04. The lowest BCUT2D eigenvalue weighted by atomic mass is 10.1. The third kappa shape index (κ3) is 8.85. The summed E-state index contributed by atoms with van der Waals surface area (Å²) in [7, 11) is 0. The van der Waals surface area contributed by atoms with Gasteiger partial charge < -0.3 is 9.94 Å². The smallest absolute Gasteiger partial charge is 0.344 e. The predicted molar refractivity (Wildman–Crippen MR) is 50.8 cm³/mol. The molecule has 0 saturated heterocycles. The average molecular weight is 187 g/mol. The van der Waals surface area contributed by atoms with Gasteiger partial charge in [0.05, 0.1) is 5.71 Å². The number of nitrogens with zero attached hydrogens (tertiary/aromatic N) is 1. The molecule has 0 rings (SSSR count). The molecule has 0 unspecified atom stereocenters. The molecular weight excluding hydrogens is 170 g/mol. The van der Waals surface area contributed by atoms with Gasteiger partial charge in [-0.15, -0.1) is 0 Å². The lowest BCUT2D eigenvalue weighted by molar-refractivity contribution is -0.142. The van der Waals surface area contributed by atoms with Crippen molar-refractivity contribution in [3.8, 4) is 0 Å². The first-order chi connectivity index (χ1) is 6.16. The van der Waals surface area contributed by atoms with Gasteiger partial charge in [0.1, 0.15) is 0 Å². The van der Waals surface area contributed by atoms with Crippen molar-refractivity contribution >= 4 is 11.7 Å². The maximum absolute atomic E-state index is 10.0. The Kier molecular flexibility index (Phi) is 6.96. The van der Waals surface area contributed by atoms with Crippen molar-refractivity contribution in [2.75, 3.05) is 6.61 Å². The Balaban J connectivity index is 3.45. The summed E-state index contributed by atoms with van der Waals surface area (Å²) >= 11 is 0. The fourth-order valence-electron chi connectivity index (χ4n) is 0.874. The Morgan fingerprint density at radius 1 is 1.46 bits per heavy atom. The van der Waals surface area contributed by atoms with Crippen molar-refractivity contribution in [3.05, 3.63) is 0 Å². The topological polar surface area (TPSA) is 58.9 Å². The van der Waals surface area contributed by atoms with E-state index in [1.165, 1.54) is 12.8 Å². The number of carbonyl (C=O) groups is 1. The van der Waals surface area contributed by atoms with Crippen LogP contribution < -0.4 is 0 Å². The normalized spacial score (nSPS) is 11.4. The summed E-state index contributed by atoms with van der Waals surface area (Å²) in [5.74, 6) is -0.995. The zero-order valence-corrected chi connectivity index (χ0v) is 8.25. The summed E-state index contributed by atoms with van der Waals surface area (Å²) in [6.45, 7) is 3.62. The van der Waals surface area contributed by atoms with E-state index in [2.05, 4.69) is 16.9 Å². The van der Waals surface area contributed by atoms with Crippen LogP contribution in [-0.4, -0.2) is 23.4 Å². The number of rotatable bonds is 7. The van der Waals surface area contributed by atoms with E-state index >= 15 is 0 Å². The van der Waals surface area contributed by atoms with Crippen molar-refractivity contribution in [2.45, 2.75) is 39.5 Å². The summed E-state index contributed by atoms with van der Waals surface area (Å²) in [6.07, 6.45) is 4.31. The first-order valence-electron chi connectivity index (χ1n) is 4.54. The molecule has 0 heterocycles. The van der Waals surface area contributed by atoms with E-state index in [0.29, 0.717) is 0 Å². The van der Waals surface area contributed by atoms with Gasteiger partial charge in [0.15, 0.2) is 0 Å². The van der Waals surface area contributed by atoms with Crippen molar-refractivity contribution in [1.29, 1.82) is 0 Å². The van der Waals surface area contributed by atoms with Crippen LogP contribution in [0.1, 0.15) is 39.5 Å². The summed E-state index contributed by atoms with van der Waals surface area (Å²) < 4.78 is 0. The molecule has 0 fully saturated rings. The van der Waals surface area contributed by atoms with Crippen molar-refractivity contribution < 1.29 is 14.7 Å². The number of carboxylic acids is 1. The summed E-state index contributed by atoms with van der Waals surface area (Å²) in [4.78, 5) is 14.6. The van der Waals surface area contributed by atoms with Gasteiger partial charge in [-0.25, -0.2) is 4.79 Å². The Hall–Kier alpha value is -1.06. The number of hydrogen-bond acceptors (Lipinski definition) is 3. The minimum Gasteiger partial charge on any atom is -0.479 e. The fraction of sp³-hybridized carbons (Fsp3) is 0.778. The van der Waals surface area contributed by atoms with Gasteiger partial charge >= 0.3 is 5.97 Å². The molecule has 1 N–H and O–H groups in total. The molecule has 0 aromatic heterocycles. The van der Waals surface area contributed by atoms with Crippen molar-refractivity contribution in [3.63, 3.8) is 0 Å². The molecule has 0 aromatic rings. The van der Waals surface area contributed by atoms with Gasteiger partial charge in [-0.3, -0.25) is 0 Å². The molecule has 0 bridgehead atoms. The number of aliphatic carboxylic acids is 1. The number of oxime groups is 1. The Labute approximate surface area is 78.6 Å². The van der Waals surface area contributed by atoms with Crippen molar-refractivity contribution in [2.24, 2.45) is 5.16 Å². The third-order valence-corrected chi connectivity index (χ3v) is 1.55. The highest BCUT2D eigenvalue weighted by Crippen LogP contribution is 2.00. The molecule has 4 heteroatoms. The molecule has 0 aromatic carbocycles. The van der Waals surface area contributed by atoms with E-state index in [1.54, 1.807) is 0 Å². The SMILES string of the molecule is CCCCCC(C)=NOCC(=O)O. The van der Waals surface area contributed by atoms with Gasteiger partial charge in [0.2, 0.25) is 6.61 Å². The summed E-state index contributed by atoms with van der Waals surface area (Å²) in [5.41, 5.74) is 0.856. The van der Waals surface area contributed by atoms with Gasteiger partial charge in [-0.05, 0) is 19.8 Å². The Bertz CT molecular complexity index is 178. The Morgan fingerprint density at radius 2 is 2.15 bits per heavy atom. The van der Waals surface area contributed by atoms with Crippen LogP contribution in [-0.2, 0) is 9.63 Å². The zero-order chi connectivity index (χ0) is 10.1. The van der Waals surface area contributed by atoms with Crippen LogP contribution in [0.5, 0.6) is 0 Å². The second kappa shape index (κ2) is 7.58. The highest BCUT2D eigenvalue weighted by Gasteiger charge is 1.96. The molecule has 0 amide bonds. The maximum Gasteiger partial charge on any atom is 0.344 e. The van der Waals surface area contributed by atoms with Crippen LogP contribution >= 0.6 is 0 Å². The van der Waals surface area contributed by atoms with Crippen LogP contribution in [0.15, 0.2) is 5.16 Å².